The summed E-state index contributed by atoms with van der Waals surface area (Å²) in [6.07, 6.45) is 1.05. The van der Waals surface area contributed by atoms with Gasteiger partial charge < -0.3 is 4.74 Å². The second-order valence-corrected chi connectivity index (χ2v) is 9.41. The molecule has 2 aromatic rings. The van der Waals surface area contributed by atoms with Crippen LogP contribution < -0.4 is 4.74 Å². The van der Waals surface area contributed by atoms with Gasteiger partial charge in [-0.25, -0.2) is 4.79 Å². The Morgan fingerprint density at radius 2 is 1.71 bits per heavy atom. The fourth-order valence-corrected chi connectivity index (χ4v) is 3.92. The summed E-state index contributed by atoms with van der Waals surface area (Å²) in [6.45, 7) is 11.1. The van der Waals surface area contributed by atoms with Crippen molar-refractivity contribution in [3.8, 4) is 5.75 Å². The molecule has 1 aromatic heterocycles. The van der Waals surface area contributed by atoms with Gasteiger partial charge in [0.2, 0.25) is 0 Å². The fourth-order valence-electron chi connectivity index (χ4n) is 2.94. The second-order valence-electron chi connectivity index (χ2n) is 7.65. The molecule has 0 fully saturated rings. The van der Waals surface area contributed by atoms with Crippen LogP contribution in [0.1, 0.15) is 57.1 Å². The van der Waals surface area contributed by atoms with Crippen LogP contribution in [0.3, 0.4) is 0 Å². The average molecular weight is 386 g/mol. The number of carbonyl (C=O) groups excluding carboxylic acids is 1. The van der Waals surface area contributed by atoms with E-state index in [-0.39, 0.29) is 25.9 Å². The number of hydrogen-bond donors (Lipinski definition) is 0. The molecule has 24 heavy (non-hydrogen) atoms. The van der Waals surface area contributed by atoms with Gasteiger partial charge in [-0.3, -0.25) is 0 Å². The molecule has 0 spiro atoms. The van der Waals surface area contributed by atoms with Crippen LogP contribution in [0, 0.1) is 5.41 Å². The van der Waals surface area contributed by atoms with Crippen molar-refractivity contribution in [3.63, 3.8) is 0 Å². The number of rotatable bonds is 4. The standard InChI is InChI=1S/C18H21Cl2NO2S/c1-17(2,3)10-18(4,5)11-6-8-12(9-7-11)23-16(22)14-13(19)15(20)24-21-14/h6-9H,10H2,1-5H3. The normalized spacial score (nSPS) is 12.3. The predicted molar refractivity (Wildman–Crippen MR) is 101 cm³/mol. The lowest BCUT2D eigenvalue weighted by atomic mass is 9.72. The molecule has 0 saturated carbocycles. The van der Waals surface area contributed by atoms with Gasteiger partial charge in [0.1, 0.15) is 15.1 Å². The van der Waals surface area contributed by atoms with Gasteiger partial charge in [0.05, 0.1) is 0 Å². The molecule has 0 bridgehead atoms. The third-order valence-electron chi connectivity index (χ3n) is 3.61. The molecule has 6 heteroatoms. The summed E-state index contributed by atoms with van der Waals surface area (Å²) >= 11 is 12.7. The van der Waals surface area contributed by atoms with E-state index in [9.17, 15) is 4.79 Å². The molecular weight excluding hydrogens is 365 g/mol. The molecule has 0 unspecified atom stereocenters. The van der Waals surface area contributed by atoms with Gasteiger partial charge in [-0.2, -0.15) is 4.37 Å². The fraction of sp³-hybridized carbons (Fsp3) is 0.444. The maximum atomic E-state index is 12.1. The Morgan fingerprint density at radius 3 is 2.17 bits per heavy atom. The Bertz CT molecular complexity index is 730. The van der Waals surface area contributed by atoms with Crippen molar-refractivity contribution < 1.29 is 9.53 Å². The summed E-state index contributed by atoms with van der Waals surface area (Å²) in [5, 5.41) is 0.134. The molecule has 3 nitrogen and oxygen atoms in total. The number of carbonyl (C=O) groups is 1. The van der Waals surface area contributed by atoms with E-state index in [0.717, 1.165) is 18.0 Å². The predicted octanol–water partition coefficient (Wildman–Crippen LogP) is 6.38. The average Bonchev–Trinajstić information content (AvgIpc) is 2.77. The number of nitrogens with zero attached hydrogens (tertiary/aromatic N) is 1. The summed E-state index contributed by atoms with van der Waals surface area (Å²) in [4.78, 5) is 12.1. The quantitative estimate of drug-likeness (QED) is 0.452. The number of hydrogen-bond acceptors (Lipinski definition) is 4. The summed E-state index contributed by atoms with van der Waals surface area (Å²) in [5.74, 6) is -0.152. The zero-order valence-corrected chi connectivity index (χ0v) is 16.8. The first-order chi connectivity index (χ1) is 11.0. The highest BCUT2D eigenvalue weighted by atomic mass is 35.5. The molecule has 0 aliphatic heterocycles. The molecule has 0 amide bonds. The maximum absolute atomic E-state index is 12.1. The van der Waals surface area contributed by atoms with E-state index < -0.39 is 5.97 Å². The van der Waals surface area contributed by atoms with E-state index in [4.69, 9.17) is 27.9 Å². The van der Waals surface area contributed by atoms with E-state index >= 15 is 0 Å². The smallest absolute Gasteiger partial charge is 0.365 e. The van der Waals surface area contributed by atoms with Crippen LogP contribution in [-0.4, -0.2) is 10.3 Å². The molecule has 0 saturated heterocycles. The maximum Gasteiger partial charge on any atom is 0.365 e. The van der Waals surface area contributed by atoms with E-state index in [2.05, 4.69) is 39.0 Å². The SMILES string of the molecule is CC(C)(C)CC(C)(C)c1ccc(OC(=O)c2nsc(Cl)c2Cl)cc1. The number of esters is 1. The molecule has 0 aliphatic rings. The van der Waals surface area contributed by atoms with Gasteiger partial charge in [-0.15, -0.1) is 0 Å². The van der Waals surface area contributed by atoms with Crippen molar-refractivity contribution >= 4 is 40.7 Å². The summed E-state index contributed by atoms with van der Waals surface area (Å²) < 4.78 is 9.52. The number of halogens is 2. The van der Waals surface area contributed by atoms with E-state index in [0.29, 0.717) is 5.75 Å². The highest BCUT2D eigenvalue weighted by Gasteiger charge is 2.27. The van der Waals surface area contributed by atoms with Crippen LogP contribution >= 0.6 is 34.7 Å². The lowest BCUT2D eigenvalue weighted by molar-refractivity contribution is 0.0730. The van der Waals surface area contributed by atoms with Crippen molar-refractivity contribution in [3.05, 3.63) is 44.9 Å². The Hall–Kier alpha value is -1.10. The number of benzene rings is 1. The molecular formula is C18H21Cl2NO2S. The molecule has 130 valence electrons. The van der Waals surface area contributed by atoms with Crippen molar-refractivity contribution in [1.29, 1.82) is 0 Å². The van der Waals surface area contributed by atoms with Crippen molar-refractivity contribution in [2.24, 2.45) is 5.41 Å². The van der Waals surface area contributed by atoms with Gasteiger partial charge in [0, 0.05) is 0 Å². The van der Waals surface area contributed by atoms with E-state index in [1.807, 2.05) is 12.1 Å². The monoisotopic (exact) mass is 385 g/mol. The van der Waals surface area contributed by atoms with Crippen LogP contribution in [0.4, 0.5) is 0 Å². The van der Waals surface area contributed by atoms with Crippen LogP contribution in [0.15, 0.2) is 24.3 Å². The van der Waals surface area contributed by atoms with Crippen LogP contribution in [0.2, 0.25) is 9.36 Å². The van der Waals surface area contributed by atoms with E-state index in [1.54, 1.807) is 12.1 Å². The van der Waals surface area contributed by atoms with Gasteiger partial charge >= 0.3 is 5.97 Å². The van der Waals surface area contributed by atoms with Crippen LogP contribution in [0.25, 0.3) is 0 Å². The molecule has 0 aliphatic carbocycles. The summed E-state index contributed by atoms with van der Waals surface area (Å²) in [6, 6.07) is 7.56. The first kappa shape index (κ1) is 19.2. The largest absolute Gasteiger partial charge is 0.422 e. The first-order valence-electron chi connectivity index (χ1n) is 7.63. The minimum absolute atomic E-state index is 0.0343. The summed E-state index contributed by atoms with van der Waals surface area (Å²) in [7, 11) is 0. The molecule has 1 aromatic carbocycles. The van der Waals surface area contributed by atoms with Gasteiger partial charge in [0.15, 0.2) is 5.69 Å². The zero-order valence-electron chi connectivity index (χ0n) is 14.4. The number of ether oxygens (including phenoxy) is 1. The Labute approximate surface area is 157 Å². The number of aromatic nitrogens is 1. The van der Waals surface area contributed by atoms with Crippen molar-refractivity contribution in [1.82, 2.24) is 4.37 Å². The molecule has 2 rings (SSSR count). The molecule has 1 heterocycles. The van der Waals surface area contributed by atoms with Crippen LogP contribution in [-0.2, 0) is 5.41 Å². The Kier molecular flexibility index (Phi) is 5.63. The minimum atomic E-state index is -0.607. The highest BCUT2D eigenvalue weighted by Crippen LogP contribution is 2.37. The van der Waals surface area contributed by atoms with Gasteiger partial charge in [0.25, 0.3) is 0 Å². The molecule has 0 radical (unpaired) electrons. The van der Waals surface area contributed by atoms with Crippen molar-refractivity contribution in [2.75, 3.05) is 0 Å². The summed E-state index contributed by atoms with van der Waals surface area (Å²) in [5.41, 5.74) is 1.51. The Balaban J connectivity index is 2.12. The third-order valence-corrected chi connectivity index (χ3v) is 5.22. The highest BCUT2D eigenvalue weighted by molar-refractivity contribution is 7.11. The topological polar surface area (TPSA) is 39.2 Å². The lowest BCUT2D eigenvalue weighted by Crippen LogP contribution is -2.24. The molecule has 0 atom stereocenters. The zero-order chi connectivity index (χ0) is 18.1. The van der Waals surface area contributed by atoms with E-state index in [1.165, 1.54) is 5.56 Å². The lowest BCUT2D eigenvalue weighted by Gasteiger charge is -2.33. The third kappa shape index (κ3) is 4.71. The van der Waals surface area contributed by atoms with Gasteiger partial charge in [-0.1, -0.05) is 70.0 Å². The minimum Gasteiger partial charge on any atom is -0.422 e. The van der Waals surface area contributed by atoms with Crippen molar-refractivity contribution in [2.45, 2.75) is 46.5 Å². The molecule has 0 N–H and O–H groups in total. The second kappa shape index (κ2) is 7.03. The first-order valence-corrected chi connectivity index (χ1v) is 9.16. The van der Waals surface area contributed by atoms with Gasteiger partial charge in [-0.05, 0) is 46.5 Å². The van der Waals surface area contributed by atoms with Crippen LogP contribution in [0.5, 0.6) is 5.75 Å². The Morgan fingerprint density at radius 1 is 1.12 bits per heavy atom.